The Balaban J connectivity index is 2.44. The van der Waals surface area contributed by atoms with Gasteiger partial charge in [0, 0.05) is 6.07 Å². The van der Waals surface area contributed by atoms with E-state index in [0.29, 0.717) is 5.69 Å². The molecule has 3 aromatic rings. The van der Waals surface area contributed by atoms with Crippen LogP contribution in [0.3, 0.4) is 0 Å². The molecule has 0 fully saturated rings. The van der Waals surface area contributed by atoms with Gasteiger partial charge < -0.3 is 14.6 Å². The summed E-state index contributed by atoms with van der Waals surface area (Å²) in [7, 11) is 2.23. The van der Waals surface area contributed by atoms with Crippen molar-refractivity contribution in [2.45, 2.75) is 0 Å². The minimum absolute atomic E-state index is 0.157. The molecule has 0 bridgehead atoms. The number of phenolic OH excluding ortho intramolecular Hbond substituents is 1. The van der Waals surface area contributed by atoms with Crippen molar-refractivity contribution in [2.75, 3.05) is 14.2 Å². The van der Waals surface area contributed by atoms with Crippen LogP contribution >= 0.6 is 0 Å². The quantitative estimate of drug-likeness (QED) is 0.395. The molecule has 0 unspecified atom stereocenters. The number of rotatable bonds is 5. The first-order valence-electron chi connectivity index (χ1n) is 8.21. The number of carbonyl (C=O) groups is 2. The van der Waals surface area contributed by atoms with Crippen LogP contribution in [-0.4, -0.2) is 46.0 Å². The number of carbonyl (C=O) groups excluding carboxylic acids is 2. The van der Waals surface area contributed by atoms with Gasteiger partial charge in [0.15, 0.2) is 5.69 Å². The van der Waals surface area contributed by atoms with Crippen LogP contribution in [0.5, 0.6) is 5.75 Å². The van der Waals surface area contributed by atoms with Gasteiger partial charge in [0.2, 0.25) is 0 Å². The summed E-state index contributed by atoms with van der Waals surface area (Å²) >= 11 is 0. The molecule has 10 nitrogen and oxygen atoms in total. The number of hydrogen-bond acceptors (Lipinski definition) is 8. The highest BCUT2D eigenvalue weighted by Crippen LogP contribution is 2.36. The first kappa shape index (κ1) is 19.5. The predicted octanol–water partition coefficient (Wildman–Crippen LogP) is 2.73. The van der Waals surface area contributed by atoms with Gasteiger partial charge >= 0.3 is 11.9 Å². The molecule has 2 aromatic carbocycles. The number of esters is 2. The summed E-state index contributed by atoms with van der Waals surface area (Å²) in [6.45, 7) is 0. The maximum absolute atomic E-state index is 12.5. The van der Waals surface area contributed by atoms with Gasteiger partial charge in [-0.1, -0.05) is 18.2 Å². The second-order valence-corrected chi connectivity index (χ2v) is 5.76. The molecule has 0 radical (unpaired) electrons. The van der Waals surface area contributed by atoms with Crippen LogP contribution in [0.15, 0.2) is 48.5 Å². The van der Waals surface area contributed by atoms with E-state index in [1.54, 1.807) is 30.3 Å². The minimum Gasteiger partial charge on any atom is -0.508 e. The van der Waals surface area contributed by atoms with E-state index in [1.807, 2.05) is 0 Å². The van der Waals surface area contributed by atoms with Gasteiger partial charge in [-0.25, -0.2) is 14.3 Å². The molecule has 0 spiro atoms. The standard InChI is InChI=1S/C19H15N3O7/c1-28-18(24)15-16(13-10-12(23)8-9-14(13)22(26)27)20-21(17(15)19(25)29-2)11-6-4-3-5-7-11/h3-10,23H,1-2H3. The Bertz CT molecular complexity index is 1110. The minimum atomic E-state index is -0.944. The van der Waals surface area contributed by atoms with E-state index in [0.717, 1.165) is 37.1 Å². The molecular formula is C19H15N3O7. The highest BCUT2D eigenvalue weighted by atomic mass is 16.6. The summed E-state index contributed by atoms with van der Waals surface area (Å²) in [5.41, 5.74) is -0.955. The highest BCUT2D eigenvalue weighted by Gasteiger charge is 2.34. The number of aromatic nitrogens is 2. The second-order valence-electron chi connectivity index (χ2n) is 5.76. The zero-order chi connectivity index (χ0) is 21.1. The predicted molar refractivity (Wildman–Crippen MR) is 100.0 cm³/mol. The topological polar surface area (TPSA) is 134 Å². The highest BCUT2D eigenvalue weighted by molar-refractivity contribution is 6.07. The van der Waals surface area contributed by atoms with E-state index in [-0.39, 0.29) is 28.3 Å². The molecule has 0 atom stereocenters. The van der Waals surface area contributed by atoms with Crippen molar-refractivity contribution in [3.63, 3.8) is 0 Å². The van der Waals surface area contributed by atoms with Gasteiger partial charge in [-0.15, -0.1) is 0 Å². The maximum Gasteiger partial charge on any atom is 0.357 e. The van der Waals surface area contributed by atoms with Crippen molar-refractivity contribution in [3.8, 4) is 22.7 Å². The number of ether oxygens (including phenoxy) is 2. The Morgan fingerprint density at radius 3 is 2.31 bits per heavy atom. The fourth-order valence-corrected chi connectivity index (χ4v) is 2.82. The lowest BCUT2D eigenvalue weighted by molar-refractivity contribution is -0.384. The van der Waals surface area contributed by atoms with E-state index in [9.17, 15) is 24.8 Å². The van der Waals surface area contributed by atoms with Gasteiger partial charge in [0.25, 0.3) is 5.69 Å². The first-order valence-corrected chi connectivity index (χ1v) is 8.21. The van der Waals surface area contributed by atoms with Crippen molar-refractivity contribution in [2.24, 2.45) is 0 Å². The van der Waals surface area contributed by atoms with Crippen LogP contribution in [-0.2, 0) is 9.47 Å². The number of methoxy groups -OCH3 is 2. The SMILES string of the molecule is COC(=O)c1c(-c2cc(O)ccc2[N+](=O)[O-])nn(-c2ccccc2)c1C(=O)OC. The summed E-state index contributed by atoms with van der Waals surface area (Å²) in [6.07, 6.45) is 0. The number of hydrogen-bond donors (Lipinski definition) is 1. The van der Waals surface area contributed by atoms with Gasteiger partial charge in [-0.2, -0.15) is 5.10 Å². The lowest BCUT2D eigenvalue weighted by atomic mass is 10.0. The number of para-hydroxylation sites is 1. The summed E-state index contributed by atoms with van der Waals surface area (Å²) in [5, 5.41) is 25.6. The van der Waals surface area contributed by atoms with Crippen LogP contribution in [0, 0.1) is 10.1 Å². The van der Waals surface area contributed by atoms with Crippen molar-refractivity contribution < 1.29 is 29.1 Å². The molecule has 1 heterocycles. The number of nitro benzene ring substituents is 1. The molecule has 3 rings (SSSR count). The van der Waals surface area contributed by atoms with Crippen molar-refractivity contribution in [1.82, 2.24) is 9.78 Å². The van der Waals surface area contributed by atoms with Gasteiger partial charge in [0.05, 0.1) is 30.4 Å². The zero-order valence-electron chi connectivity index (χ0n) is 15.4. The molecule has 0 aliphatic rings. The zero-order valence-corrected chi connectivity index (χ0v) is 15.4. The summed E-state index contributed by atoms with van der Waals surface area (Å²) in [5.74, 6) is -2.12. The number of phenols is 1. The third-order valence-corrected chi connectivity index (χ3v) is 4.09. The van der Waals surface area contributed by atoms with Crippen molar-refractivity contribution in [1.29, 1.82) is 0 Å². The first-order chi connectivity index (χ1) is 13.9. The van der Waals surface area contributed by atoms with Gasteiger partial charge in [-0.05, 0) is 24.3 Å². The second kappa shape index (κ2) is 7.80. The Morgan fingerprint density at radius 2 is 1.72 bits per heavy atom. The van der Waals surface area contributed by atoms with E-state index in [2.05, 4.69) is 5.10 Å². The van der Waals surface area contributed by atoms with Gasteiger partial charge in [0.1, 0.15) is 17.0 Å². The number of aromatic hydroxyl groups is 1. The molecular weight excluding hydrogens is 382 g/mol. The summed E-state index contributed by atoms with van der Waals surface area (Å²) in [4.78, 5) is 35.9. The number of nitrogens with zero attached hydrogens (tertiary/aromatic N) is 3. The fraction of sp³-hybridized carbons (Fsp3) is 0.105. The Hall–Kier alpha value is -4.21. The molecule has 0 amide bonds. The molecule has 0 saturated heterocycles. The molecule has 1 aromatic heterocycles. The molecule has 0 aliphatic carbocycles. The fourth-order valence-electron chi connectivity index (χ4n) is 2.82. The van der Waals surface area contributed by atoms with Crippen molar-refractivity contribution >= 4 is 17.6 Å². The molecule has 29 heavy (non-hydrogen) atoms. The lowest BCUT2D eigenvalue weighted by Gasteiger charge is -2.07. The van der Waals surface area contributed by atoms with Crippen LogP contribution in [0.4, 0.5) is 5.69 Å². The summed E-state index contributed by atoms with van der Waals surface area (Å²) < 4.78 is 10.7. The third-order valence-electron chi connectivity index (χ3n) is 4.09. The number of benzene rings is 2. The third kappa shape index (κ3) is 3.50. The van der Waals surface area contributed by atoms with Crippen LogP contribution < -0.4 is 0 Å². The molecule has 0 aliphatic heterocycles. The normalized spacial score (nSPS) is 10.4. The van der Waals surface area contributed by atoms with E-state index < -0.39 is 22.5 Å². The average Bonchev–Trinajstić information content (AvgIpc) is 3.13. The number of nitro groups is 1. The average molecular weight is 397 g/mol. The smallest absolute Gasteiger partial charge is 0.357 e. The van der Waals surface area contributed by atoms with E-state index >= 15 is 0 Å². The van der Waals surface area contributed by atoms with E-state index in [1.165, 1.54) is 0 Å². The Kier molecular flexibility index (Phi) is 5.26. The van der Waals surface area contributed by atoms with Crippen LogP contribution in [0.1, 0.15) is 20.8 Å². The molecule has 1 N–H and O–H groups in total. The lowest BCUT2D eigenvalue weighted by Crippen LogP contribution is -2.15. The summed E-state index contributed by atoms with van der Waals surface area (Å²) in [6, 6.07) is 11.7. The van der Waals surface area contributed by atoms with Crippen LogP contribution in [0.2, 0.25) is 0 Å². The molecule has 148 valence electrons. The van der Waals surface area contributed by atoms with E-state index in [4.69, 9.17) is 9.47 Å². The molecule has 10 heteroatoms. The monoisotopic (exact) mass is 397 g/mol. The Morgan fingerprint density at radius 1 is 1.07 bits per heavy atom. The van der Waals surface area contributed by atoms with Crippen molar-refractivity contribution in [3.05, 3.63) is 69.9 Å². The largest absolute Gasteiger partial charge is 0.508 e. The Labute approximate surface area is 164 Å². The van der Waals surface area contributed by atoms with Crippen LogP contribution in [0.25, 0.3) is 16.9 Å². The van der Waals surface area contributed by atoms with Gasteiger partial charge in [-0.3, -0.25) is 10.1 Å². The maximum atomic E-state index is 12.5. The molecule has 0 saturated carbocycles.